The lowest BCUT2D eigenvalue weighted by Gasteiger charge is -2.45. The van der Waals surface area contributed by atoms with Gasteiger partial charge in [-0.1, -0.05) is 12.8 Å². The molecule has 5 atom stereocenters. The van der Waals surface area contributed by atoms with E-state index in [0.29, 0.717) is 6.54 Å². The number of hydrogen-bond donors (Lipinski definition) is 0. The fraction of sp³-hybridized carbons (Fsp3) is 0.429. The van der Waals surface area contributed by atoms with Crippen molar-refractivity contribution in [2.75, 3.05) is 6.54 Å². The van der Waals surface area contributed by atoms with E-state index in [0.717, 1.165) is 36.8 Å². The molecule has 156 valence electrons. The van der Waals surface area contributed by atoms with Crippen LogP contribution in [0.2, 0.25) is 0 Å². The number of nitrogens with zero attached hydrogens (tertiary/aromatic N) is 3. The molecule has 5 rings (SSSR count). The third-order valence-corrected chi connectivity index (χ3v) is 6.37. The lowest BCUT2D eigenvalue weighted by atomic mass is 9.81. The van der Waals surface area contributed by atoms with E-state index in [9.17, 15) is 20.2 Å². The minimum atomic E-state index is -0.420. The van der Waals surface area contributed by atoms with E-state index in [-0.39, 0.29) is 23.1 Å². The van der Waals surface area contributed by atoms with Crippen molar-refractivity contribution in [3.8, 4) is 0 Å². The Morgan fingerprint density at radius 1 is 0.867 bits per heavy atom. The van der Waals surface area contributed by atoms with Crippen LogP contribution in [0, 0.1) is 20.2 Å². The summed E-state index contributed by atoms with van der Waals surface area (Å²) in [5, 5.41) is 22.0. The van der Waals surface area contributed by atoms with Gasteiger partial charge in [-0.25, -0.2) is 4.90 Å². The molecule has 1 spiro atoms. The van der Waals surface area contributed by atoms with E-state index in [2.05, 4.69) is 4.90 Å². The maximum absolute atomic E-state index is 11.0. The van der Waals surface area contributed by atoms with E-state index in [1.54, 1.807) is 24.3 Å². The smallest absolute Gasteiger partial charge is 0.269 e. The Kier molecular flexibility index (Phi) is 4.53. The molecule has 1 unspecified atom stereocenters. The minimum absolute atomic E-state index is 0.0335. The number of non-ortho nitro benzene ring substituents is 2. The Morgan fingerprint density at radius 2 is 1.43 bits per heavy atom. The molecular weight excluding hydrogens is 390 g/mol. The van der Waals surface area contributed by atoms with Crippen LogP contribution in [0.15, 0.2) is 48.5 Å². The van der Waals surface area contributed by atoms with Gasteiger partial charge in [0.15, 0.2) is 0 Å². The lowest BCUT2D eigenvalue weighted by molar-refractivity contribution is -0.385. The summed E-state index contributed by atoms with van der Waals surface area (Å²) >= 11 is 0. The van der Waals surface area contributed by atoms with Crippen LogP contribution in [0.4, 0.5) is 11.4 Å². The Morgan fingerprint density at radius 3 is 2.00 bits per heavy atom. The zero-order valence-corrected chi connectivity index (χ0v) is 16.2. The molecule has 3 aliphatic rings. The monoisotopic (exact) mass is 411 g/mol. The van der Waals surface area contributed by atoms with Crippen molar-refractivity contribution < 1.29 is 19.3 Å². The molecule has 30 heavy (non-hydrogen) atoms. The van der Waals surface area contributed by atoms with Gasteiger partial charge in [0.25, 0.3) is 11.4 Å². The average Bonchev–Trinajstić information content (AvgIpc) is 3.07. The van der Waals surface area contributed by atoms with Crippen molar-refractivity contribution in [2.45, 2.75) is 49.8 Å². The van der Waals surface area contributed by atoms with Crippen molar-refractivity contribution in [2.24, 2.45) is 0 Å². The second-order valence-electron chi connectivity index (χ2n) is 8.13. The molecule has 9 nitrogen and oxygen atoms in total. The fourth-order valence-electron chi connectivity index (χ4n) is 4.90. The molecule has 0 N–H and O–H groups in total. The van der Waals surface area contributed by atoms with Gasteiger partial charge in [-0.3, -0.25) is 20.2 Å². The van der Waals surface area contributed by atoms with E-state index in [4.69, 9.17) is 9.47 Å². The summed E-state index contributed by atoms with van der Waals surface area (Å²) in [6.45, 7) is 0.695. The first kappa shape index (κ1) is 19.1. The zero-order valence-electron chi connectivity index (χ0n) is 16.2. The normalized spacial score (nSPS) is 32.4. The predicted molar refractivity (Wildman–Crippen MR) is 106 cm³/mol. The maximum atomic E-state index is 11.0. The van der Waals surface area contributed by atoms with Crippen LogP contribution in [0.5, 0.6) is 0 Å². The molecule has 2 aromatic carbocycles. The second kappa shape index (κ2) is 7.12. The maximum Gasteiger partial charge on any atom is 0.269 e. The third kappa shape index (κ3) is 3.06. The Hall–Kier alpha value is -2.88. The van der Waals surface area contributed by atoms with Crippen LogP contribution < -0.4 is 0 Å². The van der Waals surface area contributed by atoms with Crippen molar-refractivity contribution in [3.63, 3.8) is 0 Å². The molecule has 2 aliphatic heterocycles. The summed E-state index contributed by atoms with van der Waals surface area (Å²) in [5.41, 5.74) is 1.34. The molecule has 2 bridgehead atoms. The first-order chi connectivity index (χ1) is 14.5. The average molecular weight is 411 g/mol. The van der Waals surface area contributed by atoms with Gasteiger partial charge in [0, 0.05) is 30.8 Å². The molecule has 1 saturated carbocycles. The van der Waals surface area contributed by atoms with E-state index < -0.39 is 22.3 Å². The van der Waals surface area contributed by atoms with E-state index >= 15 is 0 Å². The van der Waals surface area contributed by atoms with Gasteiger partial charge in [0.2, 0.25) is 0 Å². The molecule has 0 amide bonds. The highest BCUT2D eigenvalue weighted by Crippen LogP contribution is 2.53. The quantitative estimate of drug-likeness (QED) is 0.547. The van der Waals surface area contributed by atoms with Gasteiger partial charge in [-0.05, 0) is 48.2 Å². The first-order valence-electron chi connectivity index (χ1n) is 10.0. The van der Waals surface area contributed by atoms with Crippen LogP contribution in [-0.2, 0) is 9.47 Å². The molecule has 0 aromatic heterocycles. The predicted octanol–water partition coefficient (Wildman–Crippen LogP) is 4.24. The van der Waals surface area contributed by atoms with Crippen molar-refractivity contribution in [3.05, 3.63) is 79.9 Å². The fourth-order valence-corrected chi connectivity index (χ4v) is 4.90. The number of benzene rings is 2. The first-order valence-corrected chi connectivity index (χ1v) is 10.0. The van der Waals surface area contributed by atoms with Gasteiger partial charge in [0.1, 0.15) is 18.1 Å². The van der Waals surface area contributed by atoms with Gasteiger partial charge in [-0.2, -0.15) is 0 Å². The number of ether oxygens (including phenoxy) is 2. The Labute approximate surface area is 172 Å². The van der Waals surface area contributed by atoms with Crippen LogP contribution in [0.1, 0.15) is 49.3 Å². The molecular formula is C21H21N3O6. The summed E-state index contributed by atoms with van der Waals surface area (Å²) < 4.78 is 13.1. The summed E-state index contributed by atoms with van der Waals surface area (Å²) in [6.07, 6.45) is 3.12. The number of hydrogen-bond acceptors (Lipinski definition) is 7. The Bertz CT molecular complexity index is 920. The highest BCUT2D eigenvalue weighted by molar-refractivity contribution is 5.36. The van der Waals surface area contributed by atoms with Gasteiger partial charge in [0.05, 0.1) is 16.0 Å². The van der Waals surface area contributed by atoms with Crippen molar-refractivity contribution >= 4 is 11.4 Å². The highest BCUT2D eigenvalue weighted by Gasteiger charge is 2.58. The molecule has 2 saturated heterocycles. The largest absolute Gasteiger partial charge is 0.352 e. The van der Waals surface area contributed by atoms with Crippen LogP contribution in [-0.4, -0.2) is 33.0 Å². The van der Waals surface area contributed by atoms with Gasteiger partial charge in [-0.15, -0.1) is 0 Å². The number of fused-ring (bicyclic) bond motifs is 1. The molecule has 0 radical (unpaired) electrons. The SMILES string of the molecule is O=[N+]([O-])c1ccc([C@H]2O[C@H]3CCCC[C@@]34CN2[C@@H](c2ccc([N+](=O)[O-])cc2)O4)cc1. The standard InChI is InChI=1S/C21H21N3O6/c25-23(26)16-8-4-14(5-9-16)19-22-13-21(12-2-1-3-18(21)29-19)30-20(22)15-6-10-17(11-7-15)24(27)28/h4-11,18-20H,1-3,12-13H2/t18-,19+,20+,21+/m0/s1. The number of nitro benzene ring substituents is 2. The minimum Gasteiger partial charge on any atom is -0.352 e. The second-order valence-corrected chi connectivity index (χ2v) is 8.13. The summed E-state index contributed by atoms with van der Waals surface area (Å²) in [7, 11) is 0. The van der Waals surface area contributed by atoms with Crippen molar-refractivity contribution in [1.29, 1.82) is 0 Å². The summed E-state index contributed by atoms with van der Waals surface area (Å²) in [6, 6.07) is 12.8. The molecule has 2 heterocycles. The van der Waals surface area contributed by atoms with Crippen molar-refractivity contribution in [1.82, 2.24) is 4.90 Å². The molecule has 1 aliphatic carbocycles. The van der Waals surface area contributed by atoms with E-state index in [1.807, 2.05) is 0 Å². The molecule has 9 heteroatoms. The Balaban J connectivity index is 1.51. The van der Waals surface area contributed by atoms with E-state index in [1.165, 1.54) is 24.3 Å². The highest BCUT2D eigenvalue weighted by atomic mass is 16.6. The van der Waals surface area contributed by atoms with Crippen LogP contribution in [0.3, 0.4) is 0 Å². The number of rotatable bonds is 4. The lowest BCUT2D eigenvalue weighted by Crippen LogP contribution is -2.54. The topological polar surface area (TPSA) is 108 Å². The molecule has 2 aromatic rings. The summed E-state index contributed by atoms with van der Waals surface area (Å²) in [5.74, 6) is 0. The van der Waals surface area contributed by atoms with Crippen LogP contribution in [0.25, 0.3) is 0 Å². The third-order valence-electron chi connectivity index (χ3n) is 6.37. The van der Waals surface area contributed by atoms with Gasteiger partial charge >= 0.3 is 0 Å². The van der Waals surface area contributed by atoms with Crippen LogP contribution >= 0.6 is 0 Å². The summed E-state index contributed by atoms with van der Waals surface area (Å²) in [4.78, 5) is 23.3. The zero-order chi connectivity index (χ0) is 20.9. The number of nitro groups is 2. The molecule has 3 fully saturated rings. The van der Waals surface area contributed by atoms with Gasteiger partial charge < -0.3 is 9.47 Å².